The van der Waals surface area contributed by atoms with Gasteiger partial charge in [0, 0.05) is 25.0 Å². The number of thiophene rings is 1. The Morgan fingerprint density at radius 2 is 1.85 bits per heavy atom. The SMILES string of the molecule is CCCc1cc(C(=O)N2CCN(C)c3nc4ccccc4nc32)sc1C. The molecule has 1 amide bonds. The fraction of sp³-hybridized carbons (Fsp3) is 0.350. The van der Waals surface area contributed by atoms with E-state index in [1.54, 1.807) is 16.2 Å². The first-order valence-corrected chi connectivity index (χ1v) is 9.79. The van der Waals surface area contributed by atoms with Crippen molar-refractivity contribution in [3.8, 4) is 0 Å². The predicted molar refractivity (Wildman–Crippen MR) is 108 cm³/mol. The summed E-state index contributed by atoms with van der Waals surface area (Å²) in [5.74, 6) is 1.45. The lowest BCUT2D eigenvalue weighted by Gasteiger charge is -2.33. The van der Waals surface area contributed by atoms with Crippen LogP contribution in [0.25, 0.3) is 11.0 Å². The minimum Gasteiger partial charge on any atom is -0.355 e. The van der Waals surface area contributed by atoms with Gasteiger partial charge in [-0.3, -0.25) is 9.69 Å². The van der Waals surface area contributed by atoms with Gasteiger partial charge in [-0.2, -0.15) is 0 Å². The molecule has 26 heavy (non-hydrogen) atoms. The van der Waals surface area contributed by atoms with E-state index in [9.17, 15) is 4.79 Å². The van der Waals surface area contributed by atoms with Gasteiger partial charge in [0.05, 0.1) is 15.9 Å². The van der Waals surface area contributed by atoms with Crippen LogP contribution >= 0.6 is 11.3 Å². The van der Waals surface area contributed by atoms with Crippen LogP contribution in [-0.4, -0.2) is 36.0 Å². The molecule has 0 spiro atoms. The number of rotatable bonds is 3. The Kier molecular flexibility index (Phi) is 4.36. The van der Waals surface area contributed by atoms with Crippen LogP contribution < -0.4 is 9.80 Å². The summed E-state index contributed by atoms with van der Waals surface area (Å²) in [6.45, 7) is 5.63. The zero-order valence-electron chi connectivity index (χ0n) is 15.3. The largest absolute Gasteiger partial charge is 0.355 e. The van der Waals surface area contributed by atoms with Crippen molar-refractivity contribution < 1.29 is 4.79 Å². The number of para-hydroxylation sites is 2. The summed E-state index contributed by atoms with van der Waals surface area (Å²) < 4.78 is 0. The number of likely N-dealkylation sites (N-methyl/N-ethyl adjacent to an activating group) is 1. The highest BCUT2D eigenvalue weighted by Gasteiger charge is 2.30. The minimum absolute atomic E-state index is 0.0272. The van der Waals surface area contributed by atoms with Gasteiger partial charge in [0.25, 0.3) is 5.91 Å². The van der Waals surface area contributed by atoms with Crippen molar-refractivity contribution in [1.82, 2.24) is 9.97 Å². The maximum absolute atomic E-state index is 13.2. The van der Waals surface area contributed by atoms with Gasteiger partial charge in [0.15, 0.2) is 11.6 Å². The fourth-order valence-electron chi connectivity index (χ4n) is 3.35. The maximum Gasteiger partial charge on any atom is 0.269 e. The number of fused-ring (bicyclic) bond motifs is 2. The normalized spacial score (nSPS) is 14.0. The van der Waals surface area contributed by atoms with Gasteiger partial charge in [-0.25, -0.2) is 9.97 Å². The number of nitrogens with zero attached hydrogens (tertiary/aromatic N) is 4. The monoisotopic (exact) mass is 366 g/mol. The summed E-state index contributed by atoms with van der Waals surface area (Å²) in [7, 11) is 2.00. The molecule has 0 atom stereocenters. The van der Waals surface area contributed by atoms with Crippen LogP contribution in [-0.2, 0) is 6.42 Å². The first-order valence-electron chi connectivity index (χ1n) is 8.97. The highest BCUT2D eigenvalue weighted by molar-refractivity contribution is 7.14. The Balaban J connectivity index is 1.76. The highest BCUT2D eigenvalue weighted by Crippen LogP contribution is 2.33. The van der Waals surface area contributed by atoms with Crippen molar-refractivity contribution in [3.63, 3.8) is 0 Å². The fourth-order valence-corrected chi connectivity index (χ4v) is 4.37. The van der Waals surface area contributed by atoms with Crippen molar-refractivity contribution in [2.24, 2.45) is 0 Å². The Morgan fingerprint density at radius 3 is 2.54 bits per heavy atom. The van der Waals surface area contributed by atoms with Crippen LogP contribution in [0, 0.1) is 6.92 Å². The number of anilines is 2. The number of amides is 1. The quantitative estimate of drug-likeness (QED) is 0.702. The van der Waals surface area contributed by atoms with Crippen LogP contribution in [0.15, 0.2) is 30.3 Å². The van der Waals surface area contributed by atoms with Crippen LogP contribution in [0.5, 0.6) is 0 Å². The third kappa shape index (κ3) is 2.84. The Hall–Kier alpha value is -2.47. The second kappa shape index (κ2) is 6.68. The number of carbonyl (C=O) groups is 1. The average Bonchev–Trinajstić information content (AvgIpc) is 3.01. The summed E-state index contributed by atoms with van der Waals surface area (Å²) >= 11 is 1.58. The van der Waals surface area contributed by atoms with E-state index in [1.165, 1.54) is 10.4 Å². The number of hydrogen-bond acceptors (Lipinski definition) is 5. The second-order valence-electron chi connectivity index (χ2n) is 6.68. The number of benzene rings is 1. The van der Waals surface area contributed by atoms with E-state index in [0.717, 1.165) is 41.1 Å². The summed E-state index contributed by atoms with van der Waals surface area (Å²) in [4.78, 5) is 28.6. The Labute approximate surface area is 157 Å². The molecule has 1 aliphatic heterocycles. The van der Waals surface area contributed by atoms with Crippen LogP contribution in [0.4, 0.5) is 11.6 Å². The lowest BCUT2D eigenvalue weighted by atomic mass is 10.1. The molecule has 1 aliphatic rings. The third-order valence-electron chi connectivity index (χ3n) is 4.81. The number of carbonyl (C=O) groups excluding carboxylic acids is 1. The molecule has 0 aliphatic carbocycles. The zero-order chi connectivity index (χ0) is 18.3. The molecule has 0 fully saturated rings. The van der Waals surface area contributed by atoms with Gasteiger partial charge < -0.3 is 4.90 Å². The topological polar surface area (TPSA) is 49.3 Å². The van der Waals surface area contributed by atoms with Crippen molar-refractivity contribution in [2.75, 3.05) is 29.9 Å². The van der Waals surface area contributed by atoms with Crippen LogP contribution in [0.1, 0.15) is 33.5 Å². The van der Waals surface area contributed by atoms with Crippen molar-refractivity contribution in [1.29, 1.82) is 0 Å². The first-order chi connectivity index (χ1) is 12.6. The molecular weight excluding hydrogens is 344 g/mol. The molecule has 0 unspecified atom stereocenters. The molecule has 5 nitrogen and oxygen atoms in total. The Bertz CT molecular complexity index is 981. The molecule has 3 heterocycles. The van der Waals surface area contributed by atoms with Gasteiger partial charge in [0.1, 0.15) is 0 Å². The first kappa shape index (κ1) is 17.0. The van der Waals surface area contributed by atoms with E-state index < -0.39 is 0 Å². The minimum atomic E-state index is 0.0272. The molecule has 6 heteroatoms. The van der Waals surface area contributed by atoms with E-state index in [4.69, 9.17) is 9.97 Å². The summed E-state index contributed by atoms with van der Waals surface area (Å²) in [6, 6.07) is 9.85. The molecule has 0 radical (unpaired) electrons. The second-order valence-corrected chi connectivity index (χ2v) is 7.94. The molecule has 0 saturated heterocycles. The van der Waals surface area contributed by atoms with Crippen LogP contribution in [0.2, 0.25) is 0 Å². The third-order valence-corrected chi connectivity index (χ3v) is 5.89. The summed E-state index contributed by atoms with van der Waals surface area (Å²) in [5, 5.41) is 0. The predicted octanol–water partition coefficient (Wildman–Crippen LogP) is 4.05. The molecule has 0 bridgehead atoms. The molecule has 1 aromatic carbocycles. The highest BCUT2D eigenvalue weighted by atomic mass is 32.1. The molecular formula is C20H22N4OS. The molecule has 0 N–H and O–H groups in total. The van der Waals surface area contributed by atoms with Gasteiger partial charge in [-0.05, 0) is 37.1 Å². The number of aryl methyl sites for hydroxylation is 2. The standard InChI is InChI=1S/C20H22N4OS/c1-4-7-14-12-17(26-13(14)2)20(25)24-11-10-23(3)18-19(24)22-16-9-6-5-8-15(16)21-18/h5-6,8-9,12H,4,7,10-11H2,1-3H3. The van der Waals surface area contributed by atoms with E-state index in [0.29, 0.717) is 12.4 Å². The average molecular weight is 366 g/mol. The van der Waals surface area contributed by atoms with Crippen molar-refractivity contribution >= 4 is 39.9 Å². The van der Waals surface area contributed by atoms with Gasteiger partial charge in [0.2, 0.25) is 0 Å². The zero-order valence-corrected chi connectivity index (χ0v) is 16.1. The van der Waals surface area contributed by atoms with E-state index in [2.05, 4.69) is 24.8 Å². The van der Waals surface area contributed by atoms with E-state index in [1.807, 2.05) is 31.3 Å². The molecule has 4 rings (SSSR count). The van der Waals surface area contributed by atoms with Gasteiger partial charge >= 0.3 is 0 Å². The maximum atomic E-state index is 13.2. The Morgan fingerprint density at radius 1 is 1.15 bits per heavy atom. The van der Waals surface area contributed by atoms with Gasteiger partial charge in [-0.1, -0.05) is 25.5 Å². The summed E-state index contributed by atoms with van der Waals surface area (Å²) in [6.07, 6.45) is 2.10. The lowest BCUT2D eigenvalue weighted by molar-refractivity contribution is 0.0989. The van der Waals surface area contributed by atoms with Gasteiger partial charge in [-0.15, -0.1) is 11.3 Å². The van der Waals surface area contributed by atoms with E-state index >= 15 is 0 Å². The van der Waals surface area contributed by atoms with Crippen molar-refractivity contribution in [3.05, 3.63) is 45.6 Å². The lowest BCUT2D eigenvalue weighted by Crippen LogP contribution is -2.43. The smallest absolute Gasteiger partial charge is 0.269 e. The molecule has 134 valence electrons. The summed E-state index contributed by atoms with van der Waals surface area (Å²) in [5.41, 5.74) is 2.94. The number of aromatic nitrogens is 2. The van der Waals surface area contributed by atoms with Crippen molar-refractivity contribution in [2.45, 2.75) is 26.7 Å². The molecule has 2 aromatic heterocycles. The van der Waals surface area contributed by atoms with E-state index in [-0.39, 0.29) is 5.91 Å². The molecule has 3 aromatic rings. The molecule has 0 saturated carbocycles. The number of hydrogen-bond donors (Lipinski definition) is 0. The van der Waals surface area contributed by atoms with Crippen LogP contribution in [0.3, 0.4) is 0 Å².